The van der Waals surface area contributed by atoms with Crippen LogP contribution >= 0.6 is 0 Å². The van der Waals surface area contributed by atoms with Crippen molar-refractivity contribution in [2.24, 2.45) is 5.16 Å². The summed E-state index contributed by atoms with van der Waals surface area (Å²) < 4.78 is 21.3. The third kappa shape index (κ3) is 2.34. The monoisotopic (exact) mass is 163 g/mol. The standard InChI is InChI=1S/C5H9NO3S/c1-10(7,8)4-5-2-3-9-6-5/h2-4H2,1H3. The van der Waals surface area contributed by atoms with Gasteiger partial charge in [-0.3, -0.25) is 0 Å². The van der Waals surface area contributed by atoms with E-state index in [1.54, 1.807) is 0 Å². The summed E-state index contributed by atoms with van der Waals surface area (Å²) in [6.45, 7) is 0.519. The topological polar surface area (TPSA) is 55.7 Å². The molecular weight excluding hydrogens is 154 g/mol. The quantitative estimate of drug-likeness (QED) is 0.566. The molecule has 0 unspecified atom stereocenters. The Morgan fingerprint density at radius 2 is 2.40 bits per heavy atom. The Morgan fingerprint density at radius 3 is 2.80 bits per heavy atom. The smallest absolute Gasteiger partial charge is 0.152 e. The van der Waals surface area contributed by atoms with E-state index in [-0.39, 0.29) is 5.75 Å². The molecule has 0 amide bonds. The van der Waals surface area contributed by atoms with Crippen molar-refractivity contribution in [2.45, 2.75) is 6.42 Å². The van der Waals surface area contributed by atoms with E-state index >= 15 is 0 Å². The lowest BCUT2D eigenvalue weighted by Gasteiger charge is -1.92. The molecule has 0 aromatic heterocycles. The SMILES string of the molecule is CS(=O)(=O)CC1=NOCC1. The van der Waals surface area contributed by atoms with Crippen molar-refractivity contribution in [1.82, 2.24) is 0 Å². The maximum Gasteiger partial charge on any atom is 0.152 e. The molecule has 0 saturated carbocycles. The lowest BCUT2D eigenvalue weighted by molar-refractivity contribution is 0.173. The molecule has 0 spiro atoms. The highest BCUT2D eigenvalue weighted by Gasteiger charge is 2.13. The minimum absolute atomic E-state index is 0.0347. The Balaban J connectivity index is 2.54. The predicted octanol–water partition coefficient (Wildman–Crippen LogP) is -0.193. The average Bonchev–Trinajstić information content (AvgIpc) is 2.12. The van der Waals surface area contributed by atoms with Crippen LogP contribution in [-0.2, 0) is 14.7 Å². The molecule has 5 heteroatoms. The number of hydrogen-bond acceptors (Lipinski definition) is 4. The third-order valence-corrected chi connectivity index (χ3v) is 1.96. The number of oxime groups is 1. The highest BCUT2D eigenvalue weighted by atomic mass is 32.2. The highest BCUT2D eigenvalue weighted by Crippen LogP contribution is 2.01. The molecule has 0 aliphatic carbocycles. The lowest BCUT2D eigenvalue weighted by atomic mass is 10.3. The summed E-state index contributed by atoms with van der Waals surface area (Å²) in [7, 11) is -2.92. The highest BCUT2D eigenvalue weighted by molar-refractivity contribution is 7.91. The van der Waals surface area contributed by atoms with Crippen LogP contribution in [0.2, 0.25) is 0 Å². The van der Waals surface area contributed by atoms with E-state index in [1.807, 2.05) is 0 Å². The van der Waals surface area contributed by atoms with Crippen LogP contribution < -0.4 is 0 Å². The number of rotatable bonds is 2. The lowest BCUT2D eigenvalue weighted by Crippen LogP contribution is -2.12. The van der Waals surface area contributed by atoms with E-state index in [0.29, 0.717) is 18.7 Å². The molecule has 10 heavy (non-hydrogen) atoms. The van der Waals surface area contributed by atoms with Crippen LogP contribution in [0.15, 0.2) is 5.16 Å². The molecule has 0 radical (unpaired) electrons. The molecule has 1 rings (SSSR count). The predicted molar refractivity (Wildman–Crippen MR) is 37.7 cm³/mol. The second-order valence-corrected chi connectivity index (χ2v) is 4.45. The molecule has 1 aliphatic rings. The summed E-state index contributed by atoms with van der Waals surface area (Å²) in [5, 5.41) is 3.56. The first-order chi connectivity index (χ1) is 4.58. The van der Waals surface area contributed by atoms with E-state index in [9.17, 15) is 8.42 Å². The normalized spacial score (nSPS) is 18.3. The second-order valence-electron chi connectivity index (χ2n) is 2.31. The van der Waals surface area contributed by atoms with Gasteiger partial charge in [0.25, 0.3) is 0 Å². The second kappa shape index (κ2) is 2.57. The van der Waals surface area contributed by atoms with Gasteiger partial charge in [0.1, 0.15) is 6.61 Å². The Labute approximate surface area is 59.8 Å². The van der Waals surface area contributed by atoms with Crippen LogP contribution in [0.4, 0.5) is 0 Å². The van der Waals surface area contributed by atoms with Crippen LogP contribution in [0.5, 0.6) is 0 Å². The van der Waals surface area contributed by atoms with Gasteiger partial charge in [-0.15, -0.1) is 0 Å². The van der Waals surface area contributed by atoms with E-state index in [4.69, 9.17) is 0 Å². The summed E-state index contributed by atoms with van der Waals surface area (Å²) >= 11 is 0. The van der Waals surface area contributed by atoms with E-state index in [1.165, 1.54) is 6.26 Å². The number of sulfone groups is 1. The third-order valence-electron chi connectivity index (χ3n) is 1.10. The van der Waals surface area contributed by atoms with E-state index < -0.39 is 9.84 Å². The van der Waals surface area contributed by atoms with Crippen molar-refractivity contribution in [1.29, 1.82) is 0 Å². The van der Waals surface area contributed by atoms with Gasteiger partial charge >= 0.3 is 0 Å². The van der Waals surface area contributed by atoms with Crippen LogP contribution in [-0.4, -0.2) is 32.7 Å². The van der Waals surface area contributed by atoms with E-state index in [2.05, 4.69) is 9.99 Å². The van der Waals surface area contributed by atoms with Crippen LogP contribution in [0.25, 0.3) is 0 Å². The molecule has 0 aromatic carbocycles. The fourth-order valence-corrected chi connectivity index (χ4v) is 1.55. The molecule has 1 heterocycles. The minimum atomic E-state index is -2.92. The van der Waals surface area contributed by atoms with Crippen molar-refractivity contribution in [3.05, 3.63) is 0 Å². The Bertz CT molecular complexity index is 242. The molecule has 0 N–H and O–H groups in total. The summed E-state index contributed by atoms with van der Waals surface area (Å²) in [6.07, 6.45) is 1.83. The van der Waals surface area contributed by atoms with Crippen LogP contribution in [0.1, 0.15) is 6.42 Å². The van der Waals surface area contributed by atoms with Gasteiger partial charge in [-0.2, -0.15) is 0 Å². The zero-order valence-corrected chi connectivity index (χ0v) is 6.52. The van der Waals surface area contributed by atoms with E-state index in [0.717, 1.165) is 0 Å². The summed E-state index contributed by atoms with van der Waals surface area (Å²) in [5.41, 5.74) is 0.627. The Morgan fingerprint density at radius 1 is 1.70 bits per heavy atom. The Hall–Kier alpha value is -0.580. The first-order valence-electron chi connectivity index (χ1n) is 2.93. The summed E-state index contributed by atoms with van der Waals surface area (Å²) in [6, 6.07) is 0. The van der Waals surface area contributed by atoms with Gasteiger partial charge in [-0.1, -0.05) is 5.16 Å². The molecule has 1 aliphatic heterocycles. The van der Waals surface area contributed by atoms with Crippen LogP contribution in [0.3, 0.4) is 0 Å². The number of hydrogen-bond donors (Lipinski definition) is 0. The molecule has 0 bridgehead atoms. The van der Waals surface area contributed by atoms with Crippen molar-refractivity contribution >= 4 is 15.5 Å². The summed E-state index contributed by atoms with van der Waals surface area (Å²) in [5.74, 6) is 0.0347. The first kappa shape index (κ1) is 7.53. The van der Waals surface area contributed by atoms with Crippen molar-refractivity contribution < 1.29 is 13.3 Å². The van der Waals surface area contributed by atoms with Crippen molar-refractivity contribution in [3.8, 4) is 0 Å². The number of nitrogens with zero attached hydrogens (tertiary/aromatic N) is 1. The van der Waals surface area contributed by atoms with Gasteiger partial charge < -0.3 is 4.84 Å². The van der Waals surface area contributed by atoms with Gasteiger partial charge in [0.05, 0.1) is 11.5 Å². The Kier molecular flexibility index (Phi) is 1.94. The van der Waals surface area contributed by atoms with Gasteiger partial charge in [-0.05, 0) is 0 Å². The summed E-state index contributed by atoms with van der Waals surface area (Å²) in [4.78, 5) is 4.63. The van der Waals surface area contributed by atoms with Crippen molar-refractivity contribution in [3.63, 3.8) is 0 Å². The van der Waals surface area contributed by atoms with Gasteiger partial charge in [0, 0.05) is 12.7 Å². The fourth-order valence-electron chi connectivity index (χ4n) is 0.747. The zero-order valence-electron chi connectivity index (χ0n) is 5.70. The maximum absolute atomic E-state index is 10.7. The van der Waals surface area contributed by atoms with Gasteiger partial charge in [0.2, 0.25) is 0 Å². The fraction of sp³-hybridized carbons (Fsp3) is 0.800. The molecule has 0 aromatic rings. The molecule has 0 saturated heterocycles. The van der Waals surface area contributed by atoms with Crippen LogP contribution in [0, 0.1) is 0 Å². The van der Waals surface area contributed by atoms with Crippen molar-refractivity contribution in [2.75, 3.05) is 18.6 Å². The largest absolute Gasteiger partial charge is 0.395 e. The average molecular weight is 163 g/mol. The molecular formula is C5H9NO3S. The van der Waals surface area contributed by atoms with Gasteiger partial charge in [-0.25, -0.2) is 8.42 Å². The molecule has 0 atom stereocenters. The zero-order chi connectivity index (χ0) is 7.61. The molecule has 58 valence electrons. The minimum Gasteiger partial charge on any atom is -0.395 e. The maximum atomic E-state index is 10.7. The molecule has 0 fully saturated rings. The first-order valence-corrected chi connectivity index (χ1v) is 4.99. The van der Waals surface area contributed by atoms with Gasteiger partial charge in [0.15, 0.2) is 9.84 Å². The molecule has 4 nitrogen and oxygen atoms in total.